The van der Waals surface area contributed by atoms with Gasteiger partial charge < -0.3 is 15.4 Å². The van der Waals surface area contributed by atoms with E-state index in [1.807, 2.05) is 11.8 Å². The predicted octanol–water partition coefficient (Wildman–Crippen LogP) is 1.23. The highest BCUT2D eigenvalue weighted by atomic mass is 35.5. The number of rotatable bonds is 2. The van der Waals surface area contributed by atoms with Gasteiger partial charge in [0.1, 0.15) is 11.9 Å². The number of amides is 1. The van der Waals surface area contributed by atoms with Crippen molar-refractivity contribution in [3.8, 4) is 0 Å². The summed E-state index contributed by atoms with van der Waals surface area (Å²) in [5, 5.41) is 6.99. The minimum absolute atomic E-state index is 0. The molecule has 0 spiro atoms. The maximum absolute atomic E-state index is 12.9. The number of hydrogen-bond acceptors (Lipinski definition) is 5. The van der Waals surface area contributed by atoms with Gasteiger partial charge in [-0.3, -0.25) is 9.89 Å². The molecule has 5 atom stereocenters. The maximum atomic E-state index is 12.9. The number of hydrogen-bond donors (Lipinski definition) is 2. The van der Waals surface area contributed by atoms with E-state index >= 15 is 0 Å². The molecule has 7 nitrogen and oxygen atoms in total. The molecule has 5 unspecified atom stereocenters. The van der Waals surface area contributed by atoms with Crippen LogP contribution in [0.5, 0.6) is 0 Å². The molecular formula is C15H25Cl2N5O2. The first-order valence-corrected chi connectivity index (χ1v) is 8.18. The Balaban J connectivity index is 0.00000104. The molecule has 2 bridgehead atoms. The number of carbonyl (C=O) groups is 1. The van der Waals surface area contributed by atoms with Gasteiger partial charge in [-0.1, -0.05) is 0 Å². The smallest absolute Gasteiger partial charge is 0.227 e. The second-order valence-corrected chi connectivity index (χ2v) is 6.86. The molecule has 1 aromatic rings. The van der Waals surface area contributed by atoms with Crippen LogP contribution < -0.4 is 5.73 Å². The van der Waals surface area contributed by atoms with Crippen LogP contribution in [-0.4, -0.2) is 51.7 Å². The average molecular weight is 378 g/mol. The van der Waals surface area contributed by atoms with E-state index in [1.165, 1.54) is 6.42 Å². The number of aryl methyl sites for hydroxylation is 1. The lowest BCUT2D eigenvalue weighted by molar-refractivity contribution is -0.145. The number of aromatic nitrogens is 3. The van der Waals surface area contributed by atoms with Crippen molar-refractivity contribution in [2.75, 3.05) is 19.7 Å². The van der Waals surface area contributed by atoms with Crippen LogP contribution in [0.25, 0.3) is 0 Å². The number of fused-ring (bicyclic) bond motifs is 2. The molecule has 24 heavy (non-hydrogen) atoms. The second-order valence-electron chi connectivity index (χ2n) is 6.86. The fourth-order valence-corrected chi connectivity index (χ4v) is 4.42. The Morgan fingerprint density at radius 3 is 2.71 bits per heavy atom. The third-order valence-corrected chi connectivity index (χ3v) is 5.55. The van der Waals surface area contributed by atoms with Crippen molar-refractivity contribution < 1.29 is 9.53 Å². The molecule has 1 amide bonds. The van der Waals surface area contributed by atoms with Crippen molar-refractivity contribution in [3.05, 3.63) is 11.6 Å². The zero-order chi connectivity index (χ0) is 15.3. The molecule has 1 saturated heterocycles. The number of carbonyl (C=O) groups excluding carboxylic acids is 1. The third-order valence-electron chi connectivity index (χ3n) is 5.55. The lowest BCUT2D eigenvalue weighted by atomic mass is 9.84. The zero-order valence-corrected chi connectivity index (χ0v) is 15.3. The number of H-pyrrole nitrogens is 1. The number of nitrogens with zero attached hydrogens (tertiary/aromatic N) is 3. The van der Waals surface area contributed by atoms with E-state index in [0.717, 1.165) is 18.7 Å². The molecule has 136 valence electrons. The fourth-order valence-electron chi connectivity index (χ4n) is 4.42. The lowest BCUT2D eigenvalue weighted by Gasteiger charge is -2.36. The van der Waals surface area contributed by atoms with Crippen LogP contribution in [0.2, 0.25) is 0 Å². The largest absolute Gasteiger partial charge is 0.366 e. The first-order chi connectivity index (χ1) is 10.6. The van der Waals surface area contributed by atoms with Crippen LogP contribution in [0.1, 0.15) is 37.0 Å². The summed E-state index contributed by atoms with van der Waals surface area (Å²) in [5.74, 6) is 2.64. The van der Waals surface area contributed by atoms with Gasteiger partial charge in [-0.15, -0.1) is 24.8 Å². The maximum Gasteiger partial charge on any atom is 0.227 e. The van der Waals surface area contributed by atoms with E-state index in [0.29, 0.717) is 37.4 Å². The zero-order valence-electron chi connectivity index (χ0n) is 13.7. The first kappa shape index (κ1) is 19.4. The van der Waals surface area contributed by atoms with E-state index in [4.69, 9.17) is 10.5 Å². The SMILES string of the molecule is Cc1nc(C2CN(C(=O)C3C4CCC(C4)C3N)CCO2)n[nH]1.Cl.Cl. The molecule has 1 aromatic heterocycles. The molecule has 1 aliphatic heterocycles. The summed E-state index contributed by atoms with van der Waals surface area (Å²) in [6, 6.07) is 0.0401. The standard InChI is InChI=1S/C15H23N5O2.2ClH/c1-8-17-14(19-18-8)11-7-20(4-5-22-11)15(21)12-9-2-3-10(6-9)13(12)16;;/h9-13H,2-7,16H2,1H3,(H,17,18,19);2*1H. The summed E-state index contributed by atoms with van der Waals surface area (Å²) in [5.41, 5.74) is 6.31. The minimum atomic E-state index is -0.238. The summed E-state index contributed by atoms with van der Waals surface area (Å²) in [6.45, 7) is 3.55. The van der Waals surface area contributed by atoms with Gasteiger partial charge in [0.25, 0.3) is 0 Å². The van der Waals surface area contributed by atoms with E-state index in [2.05, 4.69) is 15.2 Å². The Labute approximate surface area is 153 Å². The molecule has 0 radical (unpaired) electrons. The van der Waals surface area contributed by atoms with Gasteiger partial charge in [0.2, 0.25) is 5.91 Å². The van der Waals surface area contributed by atoms with Crippen molar-refractivity contribution in [3.63, 3.8) is 0 Å². The van der Waals surface area contributed by atoms with Crippen LogP contribution in [0.15, 0.2) is 0 Å². The number of morpholine rings is 1. The Morgan fingerprint density at radius 2 is 2.08 bits per heavy atom. The van der Waals surface area contributed by atoms with Gasteiger partial charge in [-0.25, -0.2) is 4.98 Å². The Morgan fingerprint density at radius 1 is 1.33 bits per heavy atom. The average Bonchev–Trinajstić information content (AvgIpc) is 3.23. The normalized spacial score (nSPS) is 34.6. The lowest BCUT2D eigenvalue weighted by Crippen LogP contribution is -2.51. The van der Waals surface area contributed by atoms with Crippen molar-refractivity contribution in [2.24, 2.45) is 23.5 Å². The topological polar surface area (TPSA) is 97.1 Å². The van der Waals surface area contributed by atoms with Crippen LogP contribution >= 0.6 is 24.8 Å². The number of halogens is 2. The highest BCUT2D eigenvalue weighted by Crippen LogP contribution is 2.48. The summed E-state index contributed by atoms with van der Waals surface area (Å²) in [6.07, 6.45) is 3.24. The predicted molar refractivity (Wildman–Crippen MR) is 93.2 cm³/mol. The van der Waals surface area contributed by atoms with Crippen LogP contribution in [0, 0.1) is 24.7 Å². The number of nitrogens with two attached hydrogens (primary N) is 1. The highest BCUT2D eigenvalue weighted by Gasteiger charge is 2.50. The fraction of sp³-hybridized carbons (Fsp3) is 0.800. The van der Waals surface area contributed by atoms with E-state index < -0.39 is 0 Å². The van der Waals surface area contributed by atoms with Crippen molar-refractivity contribution in [2.45, 2.75) is 38.3 Å². The summed E-state index contributed by atoms with van der Waals surface area (Å²) in [7, 11) is 0. The molecular weight excluding hydrogens is 353 g/mol. The first-order valence-electron chi connectivity index (χ1n) is 8.18. The number of nitrogens with one attached hydrogen (secondary N) is 1. The summed E-state index contributed by atoms with van der Waals surface area (Å²) >= 11 is 0. The van der Waals surface area contributed by atoms with Gasteiger partial charge in [-0.2, -0.15) is 5.10 Å². The molecule has 2 aliphatic carbocycles. The number of aromatic amines is 1. The van der Waals surface area contributed by atoms with Crippen molar-refractivity contribution in [1.29, 1.82) is 0 Å². The second kappa shape index (κ2) is 7.56. The summed E-state index contributed by atoms with van der Waals surface area (Å²) < 4.78 is 5.74. The molecule has 2 saturated carbocycles. The van der Waals surface area contributed by atoms with Gasteiger partial charge in [-0.05, 0) is 38.0 Å². The molecule has 9 heteroatoms. The molecule has 0 aromatic carbocycles. The van der Waals surface area contributed by atoms with Gasteiger partial charge in [0.15, 0.2) is 5.82 Å². The van der Waals surface area contributed by atoms with Crippen LogP contribution in [0.3, 0.4) is 0 Å². The summed E-state index contributed by atoms with van der Waals surface area (Å²) in [4.78, 5) is 19.2. The van der Waals surface area contributed by atoms with Crippen LogP contribution in [-0.2, 0) is 9.53 Å². The molecule has 3 aliphatic rings. The minimum Gasteiger partial charge on any atom is -0.366 e. The molecule has 4 rings (SSSR count). The molecule has 3 N–H and O–H groups in total. The highest BCUT2D eigenvalue weighted by molar-refractivity contribution is 5.85. The van der Waals surface area contributed by atoms with Crippen molar-refractivity contribution >= 4 is 30.7 Å². The Kier molecular flexibility index (Phi) is 6.12. The third kappa shape index (κ3) is 3.27. The van der Waals surface area contributed by atoms with Gasteiger partial charge in [0, 0.05) is 12.6 Å². The Hall–Kier alpha value is -0.890. The van der Waals surface area contributed by atoms with Crippen molar-refractivity contribution in [1.82, 2.24) is 20.1 Å². The van der Waals surface area contributed by atoms with Gasteiger partial charge in [0.05, 0.1) is 19.1 Å². The van der Waals surface area contributed by atoms with E-state index in [9.17, 15) is 4.79 Å². The van der Waals surface area contributed by atoms with Gasteiger partial charge >= 0.3 is 0 Å². The van der Waals surface area contributed by atoms with E-state index in [-0.39, 0.29) is 48.8 Å². The van der Waals surface area contributed by atoms with Crippen LogP contribution in [0.4, 0.5) is 0 Å². The molecule has 2 heterocycles. The number of ether oxygens (including phenoxy) is 1. The Bertz CT molecular complexity index is 582. The quantitative estimate of drug-likeness (QED) is 0.807. The molecule has 3 fully saturated rings. The monoisotopic (exact) mass is 377 g/mol. The van der Waals surface area contributed by atoms with E-state index in [1.54, 1.807) is 0 Å².